The number of hydrogen-bond acceptors (Lipinski definition) is 8. The van der Waals surface area contributed by atoms with Gasteiger partial charge in [-0.3, -0.25) is 24.0 Å². The number of imidazole rings is 1. The van der Waals surface area contributed by atoms with Crippen molar-refractivity contribution in [1.82, 2.24) is 25.9 Å². The van der Waals surface area contributed by atoms with E-state index in [2.05, 4.69) is 25.9 Å². The number of carboxylic acids is 2. The quantitative estimate of drug-likeness (QED) is 0.118. The fourth-order valence-electron chi connectivity index (χ4n) is 2.83. The molecule has 0 aliphatic carbocycles. The molecule has 0 spiro atoms. The molecule has 14 nitrogen and oxygen atoms in total. The minimum Gasteiger partial charge on any atom is -0.481 e. The van der Waals surface area contributed by atoms with Gasteiger partial charge in [-0.1, -0.05) is 0 Å². The number of unbranched alkanes of at least 4 members (excludes halogenated alkanes) is 1. The molecule has 14 heteroatoms. The van der Waals surface area contributed by atoms with Crippen LogP contribution in [0.2, 0.25) is 0 Å². The number of aromatic amines is 1. The first-order valence-corrected chi connectivity index (χ1v) is 10.4. The normalized spacial score (nSPS) is 13.4. The molecule has 1 aromatic rings. The highest BCUT2D eigenvalue weighted by Crippen LogP contribution is 2.05. The van der Waals surface area contributed by atoms with E-state index in [0.29, 0.717) is 25.1 Å². The Labute approximate surface area is 189 Å². The molecule has 0 saturated heterocycles. The van der Waals surface area contributed by atoms with Crippen LogP contribution in [0.4, 0.5) is 0 Å². The Kier molecular flexibility index (Phi) is 12.1. The van der Waals surface area contributed by atoms with Gasteiger partial charge in [0.15, 0.2) is 0 Å². The van der Waals surface area contributed by atoms with Gasteiger partial charge >= 0.3 is 11.9 Å². The number of hydrogen-bond donors (Lipinski definition) is 8. The molecule has 1 aromatic heterocycles. The predicted molar refractivity (Wildman–Crippen MR) is 115 cm³/mol. The predicted octanol–water partition coefficient (Wildman–Crippen LogP) is -2.56. The summed E-state index contributed by atoms with van der Waals surface area (Å²) in [6, 6.07) is -3.36. The maximum atomic E-state index is 13.0. The Morgan fingerprint density at radius 1 is 0.970 bits per heavy atom. The van der Waals surface area contributed by atoms with Crippen molar-refractivity contribution < 1.29 is 34.2 Å². The molecule has 10 N–H and O–H groups in total. The van der Waals surface area contributed by atoms with Crippen LogP contribution in [-0.2, 0) is 30.4 Å². The Bertz CT molecular complexity index is 800. The molecule has 3 amide bonds. The van der Waals surface area contributed by atoms with Crippen LogP contribution in [0.5, 0.6) is 0 Å². The summed E-state index contributed by atoms with van der Waals surface area (Å²) in [4.78, 5) is 65.9. The summed E-state index contributed by atoms with van der Waals surface area (Å²) in [5.74, 6) is -4.47. The van der Waals surface area contributed by atoms with Crippen LogP contribution >= 0.6 is 0 Å². The minimum absolute atomic E-state index is 0.00448. The Morgan fingerprint density at radius 2 is 1.67 bits per heavy atom. The molecule has 0 bridgehead atoms. The molecule has 3 atom stereocenters. The fraction of sp³-hybridized carbons (Fsp3) is 0.579. The molecule has 0 aliphatic rings. The lowest BCUT2D eigenvalue weighted by atomic mass is 10.1. The smallest absolute Gasteiger partial charge is 0.322 e. The van der Waals surface area contributed by atoms with E-state index in [1.54, 1.807) is 0 Å². The highest BCUT2D eigenvalue weighted by Gasteiger charge is 2.28. The lowest BCUT2D eigenvalue weighted by Crippen LogP contribution is -2.56. The molecule has 0 radical (unpaired) electrons. The number of aromatic nitrogens is 2. The molecular weight excluding hydrogens is 438 g/mol. The van der Waals surface area contributed by atoms with E-state index in [-0.39, 0.29) is 25.7 Å². The first-order chi connectivity index (χ1) is 15.6. The van der Waals surface area contributed by atoms with Gasteiger partial charge in [-0.05, 0) is 32.2 Å². The number of aliphatic carboxylic acids is 2. The zero-order chi connectivity index (χ0) is 24.8. The standard InChI is InChI=1S/C19H31N7O7/c20-6-2-1-3-13(18(32)23-9-16(29)30)25-19(33)14(7-11-8-22-10-24-11)26-17(31)12(21)4-5-15(27)28/h8,10,12-14H,1-7,9,20-21H2,(H,22,24)(H,23,32)(H,25,33)(H,26,31)(H,27,28)(H,29,30). The number of nitrogens with one attached hydrogen (secondary N) is 4. The van der Waals surface area contributed by atoms with E-state index < -0.39 is 54.3 Å². The van der Waals surface area contributed by atoms with E-state index in [1.807, 2.05) is 0 Å². The highest BCUT2D eigenvalue weighted by atomic mass is 16.4. The molecule has 1 rings (SSSR count). The van der Waals surface area contributed by atoms with Crippen LogP contribution in [0.3, 0.4) is 0 Å². The molecule has 0 aromatic carbocycles. The van der Waals surface area contributed by atoms with E-state index in [0.717, 1.165) is 0 Å². The van der Waals surface area contributed by atoms with Gasteiger partial charge < -0.3 is 42.6 Å². The van der Waals surface area contributed by atoms with Crippen molar-refractivity contribution in [2.24, 2.45) is 11.5 Å². The second-order valence-corrected chi connectivity index (χ2v) is 7.34. The summed E-state index contributed by atoms with van der Waals surface area (Å²) < 4.78 is 0. The number of nitrogens with two attached hydrogens (primary N) is 2. The van der Waals surface area contributed by atoms with Gasteiger partial charge in [0.1, 0.15) is 18.6 Å². The third-order valence-corrected chi connectivity index (χ3v) is 4.61. The van der Waals surface area contributed by atoms with E-state index in [9.17, 15) is 24.0 Å². The first kappa shape index (κ1) is 27.5. The number of carboxylic acid groups (broad SMARTS) is 2. The minimum atomic E-state index is -1.24. The maximum absolute atomic E-state index is 13.0. The highest BCUT2D eigenvalue weighted by molar-refractivity contribution is 5.93. The summed E-state index contributed by atoms with van der Waals surface area (Å²) in [7, 11) is 0. The summed E-state index contributed by atoms with van der Waals surface area (Å²) in [6.45, 7) is -0.237. The second-order valence-electron chi connectivity index (χ2n) is 7.34. The summed E-state index contributed by atoms with van der Waals surface area (Å²) in [6.07, 6.45) is 3.68. The third-order valence-electron chi connectivity index (χ3n) is 4.61. The second kappa shape index (κ2) is 14.5. The van der Waals surface area contributed by atoms with Gasteiger partial charge in [-0.2, -0.15) is 0 Å². The number of nitrogens with zero attached hydrogens (tertiary/aromatic N) is 1. The number of H-pyrrole nitrogens is 1. The van der Waals surface area contributed by atoms with Crippen molar-refractivity contribution in [1.29, 1.82) is 0 Å². The molecule has 184 valence electrons. The van der Waals surface area contributed by atoms with Crippen molar-refractivity contribution in [2.45, 2.75) is 56.7 Å². The number of carbonyl (C=O) groups excluding carboxylic acids is 3. The number of carbonyl (C=O) groups is 5. The van der Waals surface area contributed by atoms with Crippen LogP contribution in [0.15, 0.2) is 12.5 Å². The van der Waals surface area contributed by atoms with E-state index in [1.165, 1.54) is 12.5 Å². The SMILES string of the molecule is NCCCCC(NC(=O)C(Cc1cnc[nH]1)NC(=O)C(N)CCC(=O)O)C(=O)NCC(=O)O. The summed E-state index contributed by atoms with van der Waals surface area (Å²) >= 11 is 0. The van der Waals surface area contributed by atoms with E-state index in [4.69, 9.17) is 21.7 Å². The molecule has 33 heavy (non-hydrogen) atoms. The van der Waals surface area contributed by atoms with Crippen LogP contribution in [0.25, 0.3) is 0 Å². The zero-order valence-corrected chi connectivity index (χ0v) is 18.1. The Hall–Kier alpha value is -3.52. The van der Waals surface area contributed by atoms with Crippen molar-refractivity contribution in [3.05, 3.63) is 18.2 Å². The topological polar surface area (TPSA) is 243 Å². The molecule has 3 unspecified atom stereocenters. The van der Waals surface area contributed by atoms with Crippen LogP contribution < -0.4 is 27.4 Å². The summed E-state index contributed by atoms with van der Waals surface area (Å²) in [5.41, 5.74) is 11.7. The number of rotatable bonds is 16. The zero-order valence-electron chi connectivity index (χ0n) is 18.1. The summed E-state index contributed by atoms with van der Waals surface area (Å²) in [5, 5.41) is 24.8. The van der Waals surface area contributed by atoms with Gasteiger partial charge in [0.2, 0.25) is 17.7 Å². The van der Waals surface area contributed by atoms with Crippen molar-refractivity contribution in [3.8, 4) is 0 Å². The van der Waals surface area contributed by atoms with Crippen molar-refractivity contribution in [3.63, 3.8) is 0 Å². The largest absolute Gasteiger partial charge is 0.481 e. The van der Waals surface area contributed by atoms with Gasteiger partial charge in [0.25, 0.3) is 0 Å². The average molecular weight is 469 g/mol. The lowest BCUT2D eigenvalue weighted by Gasteiger charge is -2.24. The molecule has 0 fully saturated rings. The Balaban J connectivity index is 2.92. The van der Waals surface area contributed by atoms with Gasteiger partial charge in [0.05, 0.1) is 12.4 Å². The maximum Gasteiger partial charge on any atom is 0.322 e. The molecular formula is C19H31N7O7. The van der Waals surface area contributed by atoms with Crippen molar-refractivity contribution >= 4 is 29.7 Å². The first-order valence-electron chi connectivity index (χ1n) is 10.4. The monoisotopic (exact) mass is 469 g/mol. The van der Waals surface area contributed by atoms with Gasteiger partial charge in [-0.25, -0.2) is 4.98 Å². The third kappa shape index (κ3) is 11.1. The molecule has 0 saturated carbocycles. The number of amides is 3. The Morgan fingerprint density at radius 3 is 2.24 bits per heavy atom. The van der Waals surface area contributed by atoms with Crippen LogP contribution in [0.1, 0.15) is 37.8 Å². The fourth-order valence-corrected chi connectivity index (χ4v) is 2.83. The van der Waals surface area contributed by atoms with Crippen molar-refractivity contribution in [2.75, 3.05) is 13.1 Å². The molecule has 1 heterocycles. The van der Waals surface area contributed by atoms with Crippen LogP contribution in [0, 0.1) is 0 Å². The molecule has 0 aliphatic heterocycles. The van der Waals surface area contributed by atoms with Gasteiger partial charge in [-0.15, -0.1) is 0 Å². The average Bonchev–Trinajstić information content (AvgIpc) is 3.27. The van der Waals surface area contributed by atoms with Crippen LogP contribution in [-0.4, -0.2) is 81.1 Å². The van der Waals surface area contributed by atoms with Gasteiger partial charge in [0, 0.05) is 24.7 Å². The van der Waals surface area contributed by atoms with E-state index >= 15 is 0 Å². The lowest BCUT2D eigenvalue weighted by molar-refractivity contribution is -0.139.